The van der Waals surface area contributed by atoms with Crippen LogP contribution in [-0.2, 0) is 14.3 Å². The number of ether oxygens (including phenoxy) is 1. The Bertz CT molecular complexity index is 1140. The Hall–Kier alpha value is -1.66. The van der Waals surface area contributed by atoms with E-state index < -0.39 is 12.1 Å². The molecule has 0 saturated heterocycles. The third kappa shape index (κ3) is 59.4. The molecule has 432 valence electrons. The number of unbranched alkanes of at least 4 members (excludes halogenated alkanes) is 47. The van der Waals surface area contributed by atoms with Crippen molar-refractivity contribution in [1.29, 1.82) is 0 Å². The molecule has 2 unspecified atom stereocenters. The van der Waals surface area contributed by atoms with Gasteiger partial charge in [-0.2, -0.15) is 0 Å². The normalized spacial score (nSPS) is 12.7. The molecule has 0 aliphatic carbocycles. The number of hydrogen-bond donors (Lipinski definition) is 3. The molecule has 6 nitrogen and oxygen atoms in total. The number of rotatable bonds is 62. The molecular formula is C67H129NO5. The average Bonchev–Trinajstić information content (AvgIpc) is 3.39. The molecule has 0 aliphatic rings. The van der Waals surface area contributed by atoms with Crippen molar-refractivity contribution in [2.45, 2.75) is 379 Å². The molecule has 0 rings (SSSR count). The molecule has 6 heteroatoms. The molecule has 0 saturated carbocycles. The number of amides is 1. The van der Waals surface area contributed by atoms with E-state index in [-0.39, 0.29) is 18.5 Å². The first-order valence-electron chi connectivity index (χ1n) is 33.1. The summed E-state index contributed by atoms with van der Waals surface area (Å²) >= 11 is 0. The van der Waals surface area contributed by atoms with Crippen LogP contribution in [0.25, 0.3) is 0 Å². The second-order valence-corrected chi connectivity index (χ2v) is 22.8. The summed E-state index contributed by atoms with van der Waals surface area (Å²) in [5.74, 6) is -0.0383. The number of carbonyl (C=O) groups is 2. The van der Waals surface area contributed by atoms with Gasteiger partial charge < -0.3 is 20.3 Å². The molecule has 1 amide bonds. The van der Waals surface area contributed by atoms with Gasteiger partial charge in [0, 0.05) is 12.8 Å². The zero-order chi connectivity index (χ0) is 52.9. The number of allylic oxidation sites excluding steroid dienone is 4. The molecule has 0 heterocycles. The van der Waals surface area contributed by atoms with Gasteiger partial charge in [0.1, 0.15) is 0 Å². The minimum absolute atomic E-state index is 0.00103. The first-order chi connectivity index (χ1) is 36.0. The molecule has 0 aromatic heterocycles. The molecule has 3 N–H and O–H groups in total. The van der Waals surface area contributed by atoms with Crippen LogP contribution < -0.4 is 5.32 Å². The van der Waals surface area contributed by atoms with Crippen LogP contribution in [0.3, 0.4) is 0 Å². The summed E-state index contributed by atoms with van der Waals surface area (Å²) in [4.78, 5) is 24.6. The van der Waals surface area contributed by atoms with E-state index >= 15 is 0 Å². The SMILES string of the molecule is CCCCCCCC/C=C\CCCCCCCC(=O)OCCCCCCCCCCCC/C=C\CCCCCCCCCC(=O)NC(CO)C(O)CCCCCCCCCCCCCCCCCCCCCC. The lowest BCUT2D eigenvalue weighted by molar-refractivity contribution is -0.143. The molecule has 0 fully saturated rings. The highest BCUT2D eigenvalue weighted by Gasteiger charge is 2.20. The third-order valence-corrected chi connectivity index (χ3v) is 15.5. The monoisotopic (exact) mass is 1030 g/mol. The number of carbonyl (C=O) groups excluding carboxylic acids is 2. The lowest BCUT2D eigenvalue weighted by Gasteiger charge is -2.22. The van der Waals surface area contributed by atoms with Crippen LogP contribution in [0, 0.1) is 0 Å². The highest BCUT2D eigenvalue weighted by Crippen LogP contribution is 2.18. The number of aliphatic hydroxyl groups is 2. The molecular weight excluding hydrogens is 899 g/mol. The van der Waals surface area contributed by atoms with Gasteiger partial charge >= 0.3 is 5.97 Å². The van der Waals surface area contributed by atoms with Gasteiger partial charge in [-0.15, -0.1) is 0 Å². The van der Waals surface area contributed by atoms with E-state index in [9.17, 15) is 19.8 Å². The van der Waals surface area contributed by atoms with Crippen LogP contribution in [-0.4, -0.2) is 47.4 Å². The number of hydrogen-bond acceptors (Lipinski definition) is 5. The largest absolute Gasteiger partial charge is 0.466 e. The van der Waals surface area contributed by atoms with Crippen molar-refractivity contribution in [1.82, 2.24) is 5.32 Å². The van der Waals surface area contributed by atoms with Crippen LogP contribution in [0.5, 0.6) is 0 Å². The lowest BCUT2D eigenvalue weighted by Crippen LogP contribution is -2.45. The quantitative estimate of drug-likeness (QED) is 0.0320. The maximum Gasteiger partial charge on any atom is 0.305 e. The summed E-state index contributed by atoms with van der Waals surface area (Å²) in [5, 5.41) is 23.4. The van der Waals surface area contributed by atoms with E-state index in [1.807, 2.05) is 0 Å². The molecule has 0 spiro atoms. The Morgan fingerprint density at radius 3 is 0.973 bits per heavy atom. The maximum absolute atomic E-state index is 12.5. The van der Waals surface area contributed by atoms with Crippen molar-refractivity contribution in [3.63, 3.8) is 0 Å². The van der Waals surface area contributed by atoms with Crippen molar-refractivity contribution in [2.24, 2.45) is 0 Å². The van der Waals surface area contributed by atoms with Crippen molar-refractivity contribution >= 4 is 11.9 Å². The molecule has 0 radical (unpaired) electrons. The molecule has 0 aromatic carbocycles. The van der Waals surface area contributed by atoms with E-state index in [0.29, 0.717) is 25.9 Å². The van der Waals surface area contributed by atoms with Crippen LogP contribution in [0.2, 0.25) is 0 Å². The fraction of sp³-hybridized carbons (Fsp3) is 0.910. The van der Waals surface area contributed by atoms with Crippen molar-refractivity contribution < 1.29 is 24.5 Å². The van der Waals surface area contributed by atoms with Crippen LogP contribution in [0.4, 0.5) is 0 Å². The summed E-state index contributed by atoms with van der Waals surface area (Å²) in [5.41, 5.74) is 0. The number of aliphatic hydroxyl groups excluding tert-OH is 2. The Morgan fingerprint density at radius 2 is 0.644 bits per heavy atom. The van der Waals surface area contributed by atoms with Gasteiger partial charge in [0.2, 0.25) is 5.91 Å². The van der Waals surface area contributed by atoms with Crippen LogP contribution in [0.15, 0.2) is 24.3 Å². The van der Waals surface area contributed by atoms with Gasteiger partial charge in [-0.05, 0) is 77.0 Å². The third-order valence-electron chi connectivity index (χ3n) is 15.5. The molecule has 0 aromatic rings. The second kappa shape index (κ2) is 62.9. The smallest absolute Gasteiger partial charge is 0.305 e. The number of nitrogens with one attached hydrogen (secondary N) is 1. The van der Waals surface area contributed by atoms with Gasteiger partial charge in [-0.3, -0.25) is 9.59 Å². The Labute approximate surface area is 456 Å². The fourth-order valence-electron chi connectivity index (χ4n) is 10.4. The Kier molecular flexibility index (Phi) is 61.4. The van der Waals surface area contributed by atoms with Gasteiger partial charge in [0.15, 0.2) is 0 Å². The summed E-state index contributed by atoms with van der Waals surface area (Å²) in [6.45, 7) is 4.97. The molecule has 0 bridgehead atoms. The van der Waals surface area contributed by atoms with Gasteiger partial charge in [-0.1, -0.05) is 301 Å². The van der Waals surface area contributed by atoms with E-state index in [2.05, 4.69) is 43.5 Å². The Balaban J connectivity index is 3.42. The first kappa shape index (κ1) is 71.3. The average molecular weight is 1030 g/mol. The van der Waals surface area contributed by atoms with E-state index in [1.165, 1.54) is 289 Å². The van der Waals surface area contributed by atoms with Crippen molar-refractivity contribution in [2.75, 3.05) is 13.2 Å². The summed E-state index contributed by atoms with van der Waals surface area (Å²) in [6, 6.07) is -0.548. The predicted molar refractivity (Wildman–Crippen MR) is 320 cm³/mol. The van der Waals surface area contributed by atoms with Gasteiger partial charge in [-0.25, -0.2) is 0 Å². The van der Waals surface area contributed by atoms with Crippen LogP contribution >= 0.6 is 0 Å². The molecule has 0 aliphatic heterocycles. The van der Waals surface area contributed by atoms with Crippen LogP contribution in [0.1, 0.15) is 367 Å². The standard InChI is InChI=1S/C67H129NO5/c1-3-5-7-9-11-13-15-17-19-20-21-25-28-32-35-39-43-47-51-55-59-65(70)64(63-69)68-66(71)60-56-52-48-44-40-36-33-29-26-23-22-24-27-30-34-38-42-46-50-54-58-62-73-67(72)61-57-53-49-45-41-37-31-18-16-14-12-10-8-6-4-2/h18,23,26,31,64-65,69-70H,3-17,19-22,24-25,27-30,32-63H2,1-2H3,(H,68,71)/b26-23-,31-18-. The zero-order valence-corrected chi connectivity index (χ0v) is 49.4. The topological polar surface area (TPSA) is 95.9 Å². The molecule has 73 heavy (non-hydrogen) atoms. The number of esters is 1. The summed E-state index contributed by atoms with van der Waals surface area (Å²) in [7, 11) is 0. The van der Waals surface area contributed by atoms with Crippen molar-refractivity contribution in [3.8, 4) is 0 Å². The highest BCUT2D eigenvalue weighted by molar-refractivity contribution is 5.76. The summed E-state index contributed by atoms with van der Waals surface area (Å²) in [6.07, 6.45) is 77.7. The minimum Gasteiger partial charge on any atom is -0.466 e. The predicted octanol–water partition coefficient (Wildman–Crippen LogP) is 21.0. The minimum atomic E-state index is -0.670. The summed E-state index contributed by atoms with van der Waals surface area (Å²) < 4.78 is 5.48. The second-order valence-electron chi connectivity index (χ2n) is 22.8. The fourth-order valence-corrected chi connectivity index (χ4v) is 10.4. The zero-order valence-electron chi connectivity index (χ0n) is 49.4. The maximum atomic E-state index is 12.5. The molecule has 2 atom stereocenters. The van der Waals surface area contributed by atoms with E-state index in [0.717, 1.165) is 44.9 Å². The lowest BCUT2D eigenvalue weighted by atomic mass is 10.0. The first-order valence-corrected chi connectivity index (χ1v) is 33.1. The van der Waals surface area contributed by atoms with E-state index in [1.54, 1.807) is 0 Å². The highest BCUT2D eigenvalue weighted by atomic mass is 16.5. The van der Waals surface area contributed by atoms with E-state index in [4.69, 9.17) is 4.74 Å². The van der Waals surface area contributed by atoms with Gasteiger partial charge in [0.25, 0.3) is 0 Å². The Morgan fingerprint density at radius 1 is 0.370 bits per heavy atom. The van der Waals surface area contributed by atoms with Gasteiger partial charge in [0.05, 0.1) is 25.4 Å². The van der Waals surface area contributed by atoms with Crippen molar-refractivity contribution in [3.05, 3.63) is 24.3 Å².